The molecule has 1 aliphatic carbocycles. The summed E-state index contributed by atoms with van der Waals surface area (Å²) in [6, 6.07) is 43.8. The molecule has 1 aliphatic rings. The zero-order valence-electron chi connectivity index (χ0n) is 22.0. The van der Waals surface area contributed by atoms with Gasteiger partial charge in [-0.15, -0.1) is 11.3 Å². The largest absolute Gasteiger partial charge is 0.254 e. The lowest BCUT2D eigenvalue weighted by molar-refractivity contribution is 1.33. The molecule has 3 aromatic heterocycles. The standard InChI is InChI=1S/C38H22N2S/c1-4-14-28-23(10-1)27-15-7-16-29(31-18-8-17-30-25-12-5-6-20-34(25)41-38(30)31)35(27)26-13-3-2-11-24(26)32-22-40-33-19-9-21-39-37(33)36(28)32/h1-22H. The number of benzene rings is 5. The Kier molecular flexibility index (Phi) is 4.80. The van der Waals surface area contributed by atoms with Crippen LogP contribution in [0.3, 0.4) is 0 Å². The topological polar surface area (TPSA) is 25.8 Å². The van der Waals surface area contributed by atoms with Gasteiger partial charge in [0.1, 0.15) is 0 Å². The predicted octanol–water partition coefficient (Wildman–Crippen LogP) is 10.6. The molecular formula is C38H22N2S. The van der Waals surface area contributed by atoms with Crippen LogP contribution < -0.4 is 0 Å². The third-order valence-corrected chi connectivity index (χ3v) is 9.58. The highest BCUT2D eigenvalue weighted by molar-refractivity contribution is 7.26. The molecule has 0 fully saturated rings. The molecule has 0 saturated carbocycles. The maximum Gasteiger partial charge on any atom is 0.0971 e. The number of pyridine rings is 2. The summed E-state index contributed by atoms with van der Waals surface area (Å²) in [5.74, 6) is 0. The van der Waals surface area contributed by atoms with Gasteiger partial charge in [0, 0.05) is 49.3 Å². The number of thiophene rings is 1. The molecule has 0 aliphatic heterocycles. The van der Waals surface area contributed by atoms with E-state index in [0.717, 1.165) is 22.2 Å². The van der Waals surface area contributed by atoms with Gasteiger partial charge in [-0.25, -0.2) is 0 Å². The highest BCUT2D eigenvalue weighted by Gasteiger charge is 2.26. The fourth-order valence-electron chi connectivity index (χ4n) is 6.62. The van der Waals surface area contributed by atoms with E-state index in [1.807, 2.05) is 35.9 Å². The molecule has 0 unspecified atom stereocenters. The zero-order chi connectivity index (χ0) is 26.9. The van der Waals surface area contributed by atoms with Crippen molar-refractivity contribution in [1.82, 2.24) is 9.97 Å². The van der Waals surface area contributed by atoms with Crippen LogP contribution in [0.5, 0.6) is 0 Å². The van der Waals surface area contributed by atoms with Crippen LogP contribution >= 0.6 is 11.3 Å². The van der Waals surface area contributed by atoms with Crippen molar-refractivity contribution in [1.29, 1.82) is 0 Å². The van der Waals surface area contributed by atoms with Crippen molar-refractivity contribution < 1.29 is 0 Å². The first-order valence-electron chi connectivity index (χ1n) is 13.8. The molecule has 0 N–H and O–H groups in total. The van der Waals surface area contributed by atoms with Crippen molar-refractivity contribution in [2.75, 3.05) is 0 Å². The average Bonchev–Trinajstić information content (AvgIpc) is 3.42. The Morgan fingerprint density at radius 3 is 1.88 bits per heavy atom. The molecule has 41 heavy (non-hydrogen) atoms. The summed E-state index contributed by atoms with van der Waals surface area (Å²) >= 11 is 1.88. The lowest BCUT2D eigenvalue weighted by atomic mass is 9.78. The number of hydrogen-bond donors (Lipinski definition) is 0. The molecule has 0 spiro atoms. The summed E-state index contributed by atoms with van der Waals surface area (Å²) in [4.78, 5) is 9.73. The highest BCUT2D eigenvalue weighted by Crippen LogP contribution is 2.52. The summed E-state index contributed by atoms with van der Waals surface area (Å²) in [6.07, 6.45) is 3.91. The second-order valence-electron chi connectivity index (χ2n) is 10.5. The number of nitrogens with zero attached hydrogens (tertiary/aromatic N) is 2. The van der Waals surface area contributed by atoms with Crippen molar-refractivity contribution in [2.24, 2.45) is 0 Å². The fraction of sp³-hybridized carbons (Fsp3) is 0. The van der Waals surface area contributed by atoms with E-state index in [4.69, 9.17) is 9.97 Å². The smallest absolute Gasteiger partial charge is 0.0971 e. The molecular weight excluding hydrogens is 516 g/mol. The molecule has 8 aromatic rings. The van der Waals surface area contributed by atoms with Crippen LogP contribution in [0.4, 0.5) is 0 Å². The molecule has 3 heterocycles. The molecule has 5 aromatic carbocycles. The van der Waals surface area contributed by atoms with Crippen molar-refractivity contribution >= 4 is 42.5 Å². The van der Waals surface area contributed by atoms with Gasteiger partial charge in [-0.1, -0.05) is 103 Å². The number of fused-ring (bicyclic) bond motifs is 13. The Balaban J connectivity index is 1.45. The van der Waals surface area contributed by atoms with Crippen LogP contribution in [0.25, 0.3) is 86.8 Å². The van der Waals surface area contributed by atoms with Crippen LogP contribution in [-0.2, 0) is 0 Å². The van der Waals surface area contributed by atoms with Crippen LogP contribution in [0, 0.1) is 0 Å². The van der Waals surface area contributed by atoms with E-state index in [1.165, 1.54) is 64.7 Å². The van der Waals surface area contributed by atoms with Gasteiger partial charge in [0.05, 0.1) is 11.0 Å². The van der Waals surface area contributed by atoms with E-state index in [0.29, 0.717) is 0 Å². The fourth-order valence-corrected chi connectivity index (χ4v) is 7.85. The third-order valence-electron chi connectivity index (χ3n) is 8.36. The SMILES string of the molecule is c1ccc2c(c1)-c1cnc3cccnc3c1-c1ccccc1-c1cccc(-c3cccc4c3sc3ccccc34)c1-2. The predicted molar refractivity (Wildman–Crippen MR) is 173 cm³/mol. The minimum Gasteiger partial charge on any atom is -0.254 e. The first-order valence-corrected chi connectivity index (χ1v) is 14.7. The highest BCUT2D eigenvalue weighted by atomic mass is 32.1. The second-order valence-corrected chi connectivity index (χ2v) is 11.6. The first-order chi connectivity index (χ1) is 20.4. The second kappa shape index (κ2) is 8.69. The molecule has 9 rings (SSSR count). The molecule has 0 saturated heterocycles. The van der Waals surface area contributed by atoms with Crippen molar-refractivity contribution in [2.45, 2.75) is 0 Å². The van der Waals surface area contributed by atoms with Gasteiger partial charge in [-0.05, 0) is 57.1 Å². The lowest BCUT2D eigenvalue weighted by Crippen LogP contribution is -2.00. The van der Waals surface area contributed by atoms with Gasteiger partial charge in [0.2, 0.25) is 0 Å². The first kappa shape index (κ1) is 22.7. The molecule has 0 atom stereocenters. The molecule has 190 valence electrons. The summed E-state index contributed by atoms with van der Waals surface area (Å²) in [5, 5.41) is 2.63. The number of aromatic nitrogens is 2. The lowest BCUT2D eigenvalue weighted by Gasteiger charge is -2.25. The van der Waals surface area contributed by atoms with Gasteiger partial charge in [-0.3, -0.25) is 9.97 Å². The monoisotopic (exact) mass is 538 g/mol. The summed E-state index contributed by atoms with van der Waals surface area (Å²) in [5.41, 5.74) is 13.9. The van der Waals surface area contributed by atoms with Gasteiger partial charge < -0.3 is 0 Å². The van der Waals surface area contributed by atoms with Crippen LogP contribution in [0.1, 0.15) is 0 Å². The van der Waals surface area contributed by atoms with E-state index in [2.05, 4.69) is 109 Å². The molecule has 0 bridgehead atoms. The molecule has 3 heteroatoms. The van der Waals surface area contributed by atoms with Crippen LogP contribution in [0.2, 0.25) is 0 Å². The average molecular weight is 539 g/mol. The maximum atomic E-state index is 4.88. The van der Waals surface area contributed by atoms with Crippen LogP contribution in [0.15, 0.2) is 134 Å². The quantitative estimate of drug-likeness (QED) is 0.208. The van der Waals surface area contributed by atoms with Gasteiger partial charge in [0.15, 0.2) is 0 Å². The summed E-state index contributed by atoms with van der Waals surface area (Å²) in [7, 11) is 0. The Bertz CT molecular complexity index is 2320. The van der Waals surface area contributed by atoms with Gasteiger partial charge in [0.25, 0.3) is 0 Å². The number of hydrogen-bond acceptors (Lipinski definition) is 3. The van der Waals surface area contributed by atoms with Crippen molar-refractivity contribution in [3.8, 4) is 55.6 Å². The minimum absolute atomic E-state index is 0.907. The Labute approximate surface area is 241 Å². The number of rotatable bonds is 1. The van der Waals surface area contributed by atoms with Crippen molar-refractivity contribution in [3.05, 3.63) is 134 Å². The van der Waals surface area contributed by atoms with Crippen LogP contribution in [-0.4, -0.2) is 9.97 Å². The zero-order valence-corrected chi connectivity index (χ0v) is 22.8. The molecule has 2 nitrogen and oxygen atoms in total. The van der Waals surface area contributed by atoms with E-state index in [9.17, 15) is 0 Å². The minimum atomic E-state index is 0.907. The van der Waals surface area contributed by atoms with Gasteiger partial charge in [-0.2, -0.15) is 0 Å². The summed E-state index contributed by atoms with van der Waals surface area (Å²) in [6.45, 7) is 0. The normalized spacial score (nSPS) is 11.9. The van der Waals surface area contributed by atoms with Crippen molar-refractivity contribution in [3.63, 3.8) is 0 Å². The van der Waals surface area contributed by atoms with E-state index < -0.39 is 0 Å². The third kappa shape index (κ3) is 3.24. The Hall–Kier alpha value is -5.12. The molecule has 0 radical (unpaired) electrons. The maximum absolute atomic E-state index is 4.88. The Morgan fingerprint density at radius 2 is 1.02 bits per heavy atom. The van der Waals surface area contributed by atoms with Gasteiger partial charge >= 0.3 is 0 Å². The van der Waals surface area contributed by atoms with E-state index >= 15 is 0 Å². The molecule has 0 amide bonds. The van der Waals surface area contributed by atoms with E-state index in [1.54, 1.807) is 0 Å². The Morgan fingerprint density at radius 1 is 0.415 bits per heavy atom. The summed E-state index contributed by atoms with van der Waals surface area (Å²) < 4.78 is 2.64. The van der Waals surface area contributed by atoms with E-state index in [-0.39, 0.29) is 0 Å².